The van der Waals surface area contributed by atoms with Gasteiger partial charge in [-0.05, 0) is 30.9 Å². The summed E-state index contributed by atoms with van der Waals surface area (Å²) in [7, 11) is -3.65. The van der Waals surface area contributed by atoms with Crippen LogP contribution >= 0.6 is 0 Å². The number of para-hydroxylation sites is 1. The van der Waals surface area contributed by atoms with E-state index in [9.17, 15) is 8.42 Å². The lowest BCUT2D eigenvalue weighted by molar-refractivity contribution is 0.305. The van der Waals surface area contributed by atoms with E-state index in [2.05, 4.69) is 26.9 Å². The smallest absolute Gasteiger partial charge is 0.278 e. The average Bonchev–Trinajstić information content (AvgIpc) is 3.17. The van der Waals surface area contributed by atoms with Gasteiger partial charge >= 0.3 is 0 Å². The molecule has 7 heteroatoms. The van der Waals surface area contributed by atoms with Crippen molar-refractivity contribution in [2.24, 2.45) is 5.92 Å². The van der Waals surface area contributed by atoms with Crippen molar-refractivity contribution in [3.63, 3.8) is 0 Å². The quantitative estimate of drug-likeness (QED) is 0.656. The summed E-state index contributed by atoms with van der Waals surface area (Å²) >= 11 is 0. The zero-order chi connectivity index (χ0) is 18.4. The zero-order valence-corrected chi connectivity index (χ0v) is 16.1. The molecule has 1 saturated carbocycles. The number of imidazole rings is 1. The topological polar surface area (TPSA) is 86.9 Å². The molecule has 1 aromatic carbocycles. The van der Waals surface area contributed by atoms with Gasteiger partial charge in [0.25, 0.3) is 10.0 Å². The van der Waals surface area contributed by atoms with Crippen molar-refractivity contribution in [3.05, 3.63) is 42.4 Å². The Kier molecular flexibility index (Phi) is 6.32. The second-order valence-electron chi connectivity index (χ2n) is 7.20. The number of nitrogens with zero attached hydrogens (tertiary/aromatic N) is 1. The van der Waals surface area contributed by atoms with E-state index >= 15 is 0 Å². The van der Waals surface area contributed by atoms with Crippen LogP contribution in [0.5, 0.6) is 0 Å². The Morgan fingerprint density at radius 3 is 2.73 bits per heavy atom. The Balaban J connectivity index is 1.60. The summed E-state index contributed by atoms with van der Waals surface area (Å²) in [5.74, 6) is 0.820. The van der Waals surface area contributed by atoms with E-state index < -0.39 is 10.0 Å². The summed E-state index contributed by atoms with van der Waals surface area (Å²) in [6, 6.07) is 7.91. The molecule has 1 aliphatic rings. The molecule has 26 heavy (non-hydrogen) atoms. The van der Waals surface area contributed by atoms with Gasteiger partial charge in [0.1, 0.15) is 0 Å². The molecule has 1 atom stereocenters. The highest BCUT2D eigenvalue weighted by molar-refractivity contribution is 7.92. The molecule has 2 aromatic rings. The number of anilines is 1. The number of aromatic amines is 1. The highest BCUT2D eigenvalue weighted by Gasteiger charge is 2.18. The van der Waals surface area contributed by atoms with Gasteiger partial charge in [-0.2, -0.15) is 8.42 Å². The van der Waals surface area contributed by atoms with Crippen LogP contribution in [-0.4, -0.2) is 24.4 Å². The minimum absolute atomic E-state index is 0.0610. The Hall–Kier alpha value is -1.86. The highest BCUT2D eigenvalue weighted by Crippen LogP contribution is 2.27. The lowest BCUT2D eigenvalue weighted by Crippen LogP contribution is -2.29. The van der Waals surface area contributed by atoms with Crippen LogP contribution in [0.3, 0.4) is 0 Å². The van der Waals surface area contributed by atoms with E-state index in [1.54, 1.807) is 6.07 Å². The Bertz CT molecular complexity index is 784. The van der Waals surface area contributed by atoms with Crippen LogP contribution in [0.4, 0.5) is 5.69 Å². The van der Waals surface area contributed by atoms with Crippen molar-refractivity contribution in [3.8, 4) is 0 Å². The van der Waals surface area contributed by atoms with Crippen molar-refractivity contribution in [2.75, 3.05) is 4.72 Å². The molecule has 1 aliphatic carbocycles. The van der Waals surface area contributed by atoms with Gasteiger partial charge in [0.2, 0.25) is 0 Å². The van der Waals surface area contributed by atoms with Gasteiger partial charge in [-0.3, -0.25) is 4.72 Å². The fourth-order valence-electron chi connectivity index (χ4n) is 3.65. The molecule has 6 nitrogen and oxygen atoms in total. The summed E-state index contributed by atoms with van der Waals surface area (Å²) < 4.78 is 27.5. The third-order valence-corrected chi connectivity index (χ3v) is 6.37. The maximum atomic E-state index is 12.4. The molecule has 142 valence electrons. The molecule has 0 amide bonds. The summed E-state index contributed by atoms with van der Waals surface area (Å²) in [5.41, 5.74) is 1.53. The lowest BCUT2D eigenvalue weighted by Gasteiger charge is -2.25. The van der Waals surface area contributed by atoms with Crippen molar-refractivity contribution >= 4 is 15.7 Å². The normalized spacial score (nSPS) is 17.1. The first-order valence-corrected chi connectivity index (χ1v) is 10.9. The predicted molar refractivity (Wildman–Crippen MR) is 103 cm³/mol. The number of sulfonamides is 1. The maximum absolute atomic E-state index is 12.4. The summed E-state index contributed by atoms with van der Waals surface area (Å²) in [4.78, 5) is 6.42. The van der Waals surface area contributed by atoms with E-state index in [0.717, 1.165) is 11.5 Å². The first kappa shape index (κ1) is 18.9. The fourth-order valence-corrected chi connectivity index (χ4v) is 4.66. The van der Waals surface area contributed by atoms with Gasteiger partial charge in [0, 0.05) is 12.6 Å². The molecule has 0 unspecified atom stereocenters. The number of H-pyrrole nitrogens is 1. The molecule has 3 N–H and O–H groups in total. The number of rotatable bonds is 8. The van der Waals surface area contributed by atoms with E-state index in [4.69, 9.17) is 0 Å². The van der Waals surface area contributed by atoms with Crippen LogP contribution in [0.2, 0.25) is 0 Å². The van der Waals surface area contributed by atoms with E-state index in [1.165, 1.54) is 51.0 Å². The first-order valence-electron chi connectivity index (χ1n) is 9.37. The van der Waals surface area contributed by atoms with Crippen molar-refractivity contribution in [1.82, 2.24) is 15.3 Å². The van der Waals surface area contributed by atoms with E-state index in [0.29, 0.717) is 18.3 Å². The van der Waals surface area contributed by atoms with Gasteiger partial charge in [-0.25, -0.2) is 4.98 Å². The molecule has 1 heterocycles. The van der Waals surface area contributed by atoms with Gasteiger partial charge in [-0.1, -0.05) is 50.3 Å². The second-order valence-corrected chi connectivity index (χ2v) is 8.85. The van der Waals surface area contributed by atoms with Crippen molar-refractivity contribution in [2.45, 2.75) is 63.1 Å². The Labute approximate surface area is 155 Å². The van der Waals surface area contributed by atoms with Crippen LogP contribution < -0.4 is 10.0 Å². The van der Waals surface area contributed by atoms with Gasteiger partial charge in [-0.15, -0.1) is 0 Å². The molecule has 0 radical (unpaired) electrons. The van der Waals surface area contributed by atoms with Crippen LogP contribution in [0.25, 0.3) is 0 Å². The summed E-state index contributed by atoms with van der Waals surface area (Å²) in [6.07, 6.45) is 10.6. The number of hydrogen-bond donors (Lipinski definition) is 3. The molecular weight excluding hydrogens is 348 g/mol. The van der Waals surface area contributed by atoms with Crippen LogP contribution in [0, 0.1) is 5.92 Å². The lowest BCUT2D eigenvalue weighted by atomic mass is 9.85. The first-order chi connectivity index (χ1) is 12.5. The molecule has 0 bridgehead atoms. The summed E-state index contributed by atoms with van der Waals surface area (Å²) in [5, 5.41) is 3.61. The van der Waals surface area contributed by atoms with Crippen LogP contribution in [-0.2, 0) is 16.6 Å². The van der Waals surface area contributed by atoms with Crippen LogP contribution in [0.1, 0.15) is 51.0 Å². The van der Waals surface area contributed by atoms with Gasteiger partial charge in [0.15, 0.2) is 5.03 Å². The minimum atomic E-state index is -3.65. The molecule has 1 fully saturated rings. The van der Waals surface area contributed by atoms with E-state index in [1.807, 2.05) is 18.2 Å². The molecule has 3 rings (SSSR count). The largest absolute Gasteiger partial charge is 0.334 e. The molecule has 0 saturated heterocycles. The monoisotopic (exact) mass is 376 g/mol. The third-order valence-electron chi connectivity index (χ3n) is 5.08. The minimum Gasteiger partial charge on any atom is -0.334 e. The van der Waals surface area contributed by atoms with E-state index in [-0.39, 0.29) is 5.03 Å². The Morgan fingerprint density at radius 1 is 1.23 bits per heavy atom. The summed E-state index contributed by atoms with van der Waals surface area (Å²) in [6.45, 7) is 2.85. The number of benzene rings is 1. The highest BCUT2D eigenvalue weighted by atomic mass is 32.2. The van der Waals surface area contributed by atoms with Gasteiger partial charge in [0.05, 0.1) is 18.2 Å². The molecule has 0 aliphatic heterocycles. The fraction of sp³-hybridized carbons (Fsp3) is 0.526. The second kappa shape index (κ2) is 8.68. The van der Waals surface area contributed by atoms with Crippen LogP contribution in [0.15, 0.2) is 41.8 Å². The molecule has 1 aromatic heterocycles. The Morgan fingerprint density at radius 2 is 2.00 bits per heavy atom. The molecule has 0 spiro atoms. The number of aromatic nitrogens is 2. The maximum Gasteiger partial charge on any atom is 0.278 e. The average molecular weight is 377 g/mol. The predicted octanol–water partition coefficient (Wildman–Crippen LogP) is 3.66. The number of hydrogen-bond acceptors (Lipinski definition) is 4. The third kappa shape index (κ3) is 5.08. The standard InChI is InChI=1S/C19H28N4O2S/c1-15(11-16-7-3-2-4-8-16)21-12-17-9-5-6-10-18(17)23-26(24,25)19-13-20-14-22-19/h5-6,9-10,13-16,21,23H,2-4,7-8,11-12H2,1H3,(H,20,22)/t15-/m0/s1. The van der Waals surface area contributed by atoms with Crippen molar-refractivity contribution in [1.29, 1.82) is 0 Å². The van der Waals surface area contributed by atoms with Gasteiger partial charge < -0.3 is 10.3 Å². The van der Waals surface area contributed by atoms with Crippen molar-refractivity contribution < 1.29 is 8.42 Å². The SMILES string of the molecule is C[C@@H](CC1CCCCC1)NCc1ccccc1NS(=O)(=O)c1cnc[nH]1. The zero-order valence-electron chi connectivity index (χ0n) is 15.2. The molecular formula is C19H28N4O2S. The number of nitrogens with one attached hydrogen (secondary N) is 3.